The summed E-state index contributed by atoms with van der Waals surface area (Å²) in [6.07, 6.45) is 1.77. The summed E-state index contributed by atoms with van der Waals surface area (Å²) in [5.74, 6) is 1.41. The van der Waals surface area contributed by atoms with E-state index in [0.29, 0.717) is 27.1 Å². The number of hydrogen-bond donors (Lipinski definition) is 1. The Morgan fingerprint density at radius 3 is 2.89 bits per heavy atom. The molecule has 0 fully saturated rings. The standard InChI is InChI=1S/C18H16N6O2S2/c25-14(21-17-19-6-7-27-17)8-12-10-28-18-22-15-13(16(26)23(12)18)9-20-24(15)11-4-2-1-3-5-11/h1-5,9,12H,6-8,10H2,(H,19,21,25). The Hall–Kier alpha value is -2.59. The Morgan fingerprint density at radius 1 is 1.25 bits per heavy atom. The third kappa shape index (κ3) is 3.02. The fourth-order valence-electron chi connectivity index (χ4n) is 3.33. The van der Waals surface area contributed by atoms with E-state index in [0.717, 1.165) is 18.0 Å². The Balaban J connectivity index is 1.47. The van der Waals surface area contributed by atoms with Gasteiger partial charge in [0.15, 0.2) is 16.0 Å². The third-order valence-electron chi connectivity index (χ3n) is 4.62. The van der Waals surface area contributed by atoms with Gasteiger partial charge in [-0.05, 0) is 12.1 Å². The number of para-hydroxylation sites is 1. The van der Waals surface area contributed by atoms with Crippen molar-refractivity contribution >= 4 is 45.6 Å². The molecule has 10 heteroatoms. The average molecular weight is 413 g/mol. The highest BCUT2D eigenvalue weighted by atomic mass is 32.2. The zero-order chi connectivity index (χ0) is 19.1. The van der Waals surface area contributed by atoms with E-state index in [1.54, 1.807) is 27.2 Å². The monoisotopic (exact) mass is 412 g/mol. The van der Waals surface area contributed by atoms with Gasteiger partial charge in [0, 0.05) is 17.9 Å². The summed E-state index contributed by atoms with van der Waals surface area (Å²) in [7, 11) is 0. The minimum Gasteiger partial charge on any atom is -0.305 e. The van der Waals surface area contributed by atoms with Crippen LogP contribution < -0.4 is 10.9 Å². The molecule has 1 amide bonds. The molecule has 2 aliphatic heterocycles. The highest BCUT2D eigenvalue weighted by Crippen LogP contribution is 2.33. The first kappa shape index (κ1) is 17.5. The summed E-state index contributed by atoms with van der Waals surface area (Å²) in [4.78, 5) is 34.4. The Kier molecular flexibility index (Phi) is 4.44. The van der Waals surface area contributed by atoms with Gasteiger partial charge in [0.1, 0.15) is 5.39 Å². The predicted molar refractivity (Wildman–Crippen MR) is 110 cm³/mol. The summed E-state index contributed by atoms with van der Waals surface area (Å²) in [5, 5.41) is 8.93. The van der Waals surface area contributed by atoms with Crippen LogP contribution in [-0.4, -0.2) is 48.5 Å². The van der Waals surface area contributed by atoms with E-state index in [1.807, 2.05) is 30.3 Å². The first-order valence-corrected chi connectivity index (χ1v) is 10.8. The van der Waals surface area contributed by atoms with E-state index >= 15 is 0 Å². The minimum absolute atomic E-state index is 0.126. The number of aliphatic imine (C=N–C) groups is 1. The molecule has 1 aromatic carbocycles. The van der Waals surface area contributed by atoms with E-state index < -0.39 is 0 Å². The molecule has 1 atom stereocenters. The number of carbonyl (C=O) groups excluding carboxylic acids is 1. The second-order valence-corrected chi connectivity index (χ2v) is 8.52. The van der Waals surface area contributed by atoms with Crippen molar-refractivity contribution in [3.05, 3.63) is 46.9 Å². The number of benzene rings is 1. The molecule has 142 valence electrons. The van der Waals surface area contributed by atoms with Gasteiger partial charge in [-0.1, -0.05) is 41.7 Å². The molecule has 4 heterocycles. The van der Waals surface area contributed by atoms with Crippen LogP contribution >= 0.6 is 23.5 Å². The summed E-state index contributed by atoms with van der Waals surface area (Å²) < 4.78 is 3.31. The third-order valence-corrected chi connectivity index (χ3v) is 6.61. The quantitative estimate of drug-likeness (QED) is 0.660. The number of fused-ring (bicyclic) bond motifs is 2. The highest BCUT2D eigenvalue weighted by Gasteiger charge is 2.30. The molecular weight excluding hydrogens is 396 g/mol. The minimum atomic E-state index is -0.225. The lowest BCUT2D eigenvalue weighted by molar-refractivity contribution is -0.120. The molecular formula is C18H16N6O2S2. The molecule has 3 aromatic rings. The van der Waals surface area contributed by atoms with Gasteiger partial charge in [-0.3, -0.25) is 19.1 Å². The number of hydrogen-bond acceptors (Lipinski definition) is 7. The second kappa shape index (κ2) is 7.10. The maximum atomic E-state index is 13.1. The molecule has 1 N–H and O–H groups in total. The highest BCUT2D eigenvalue weighted by molar-refractivity contribution is 8.14. The Labute approximate surface area is 168 Å². The first-order valence-electron chi connectivity index (χ1n) is 8.86. The number of carbonyl (C=O) groups is 1. The van der Waals surface area contributed by atoms with E-state index in [1.165, 1.54) is 11.8 Å². The van der Waals surface area contributed by atoms with Crippen LogP contribution in [0, 0.1) is 0 Å². The maximum Gasteiger partial charge on any atom is 0.265 e. The molecule has 0 aliphatic carbocycles. The summed E-state index contributed by atoms with van der Waals surface area (Å²) in [5.41, 5.74) is 1.23. The zero-order valence-corrected chi connectivity index (χ0v) is 16.4. The van der Waals surface area contributed by atoms with Gasteiger partial charge in [-0.15, -0.1) is 0 Å². The van der Waals surface area contributed by atoms with Crippen LogP contribution in [0.2, 0.25) is 0 Å². The lowest BCUT2D eigenvalue weighted by Crippen LogP contribution is -2.32. The number of nitrogens with one attached hydrogen (secondary N) is 1. The number of aromatic nitrogens is 4. The fraction of sp³-hybridized carbons (Fsp3) is 0.278. The topological polar surface area (TPSA) is 94.2 Å². The molecule has 8 nitrogen and oxygen atoms in total. The molecule has 0 saturated heterocycles. The molecule has 28 heavy (non-hydrogen) atoms. The summed E-state index contributed by atoms with van der Waals surface area (Å²) in [6.45, 7) is 0.731. The van der Waals surface area contributed by atoms with Gasteiger partial charge in [0.25, 0.3) is 5.56 Å². The van der Waals surface area contributed by atoms with Crippen LogP contribution in [0.3, 0.4) is 0 Å². The Morgan fingerprint density at radius 2 is 2.11 bits per heavy atom. The van der Waals surface area contributed by atoms with Gasteiger partial charge in [-0.2, -0.15) is 5.10 Å². The molecule has 0 spiro atoms. The summed E-state index contributed by atoms with van der Waals surface area (Å²) in [6, 6.07) is 9.37. The van der Waals surface area contributed by atoms with E-state index in [-0.39, 0.29) is 23.9 Å². The molecule has 5 rings (SSSR count). The number of amidine groups is 1. The van der Waals surface area contributed by atoms with Gasteiger partial charge >= 0.3 is 0 Å². The van der Waals surface area contributed by atoms with Crippen molar-refractivity contribution in [1.82, 2.24) is 24.6 Å². The van der Waals surface area contributed by atoms with Crippen LogP contribution in [0.1, 0.15) is 12.5 Å². The van der Waals surface area contributed by atoms with Crippen LogP contribution in [0.15, 0.2) is 51.5 Å². The number of nitrogens with zero attached hydrogens (tertiary/aromatic N) is 5. The second-order valence-electron chi connectivity index (χ2n) is 6.45. The van der Waals surface area contributed by atoms with Crippen molar-refractivity contribution in [2.24, 2.45) is 4.99 Å². The SMILES string of the molecule is O=C(CC1CSc2nc3c(cnn3-c3ccccc3)c(=O)n21)NC1=NCCS1. The van der Waals surface area contributed by atoms with Crippen molar-refractivity contribution in [2.75, 3.05) is 18.1 Å². The Bertz CT molecular complexity index is 1150. The van der Waals surface area contributed by atoms with Crippen molar-refractivity contribution < 1.29 is 4.79 Å². The maximum absolute atomic E-state index is 13.1. The van der Waals surface area contributed by atoms with Gasteiger partial charge in [0.2, 0.25) is 5.91 Å². The zero-order valence-electron chi connectivity index (χ0n) is 14.7. The number of thioether (sulfide) groups is 2. The molecule has 0 saturated carbocycles. The lowest BCUT2D eigenvalue weighted by Gasteiger charge is -2.13. The molecule has 2 aromatic heterocycles. The van der Waals surface area contributed by atoms with Crippen LogP contribution in [-0.2, 0) is 4.79 Å². The van der Waals surface area contributed by atoms with Crippen molar-refractivity contribution in [1.29, 1.82) is 0 Å². The largest absolute Gasteiger partial charge is 0.305 e. The smallest absolute Gasteiger partial charge is 0.265 e. The first-order chi connectivity index (χ1) is 13.7. The van der Waals surface area contributed by atoms with Gasteiger partial charge in [0.05, 0.1) is 24.5 Å². The predicted octanol–water partition coefficient (Wildman–Crippen LogP) is 1.84. The summed E-state index contributed by atoms with van der Waals surface area (Å²) >= 11 is 3.03. The van der Waals surface area contributed by atoms with Crippen LogP contribution in [0.5, 0.6) is 0 Å². The van der Waals surface area contributed by atoms with E-state index in [9.17, 15) is 9.59 Å². The van der Waals surface area contributed by atoms with Crippen molar-refractivity contribution in [3.8, 4) is 5.69 Å². The van der Waals surface area contributed by atoms with Crippen molar-refractivity contribution in [2.45, 2.75) is 17.6 Å². The average Bonchev–Trinajstić information content (AvgIpc) is 3.43. The lowest BCUT2D eigenvalue weighted by atomic mass is 10.2. The van der Waals surface area contributed by atoms with Gasteiger partial charge in [-0.25, -0.2) is 9.67 Å². The molecule has 0 radical (unpaired) electrons. The van der Waals surface area contributed by atoms with Crippen LogP contribution in [0.25, 0.3) is 16.7 Å². The van der Waals surface area contributed by atoms with E-state index in [4.69, 9.17) is 0 Å². The molecule has 0 bridgehead atoms. The number of rotatable bonds is 3. The van der Waals surface area contributed by atoms with Crippen molar-refractivity contribution in [3.63, 3.8) is 0 Å². The molecule has 2 aliphatic rings. The van der Waals surface area contributed by atoms with E-state index in [2.05, 4.69) is 20.4 Å². The molecule has 1 unspecified atom stereocenters. The van der Waals surface area contributed by atoms with Crippen LogP contribution in [0.4, 0.5) is 0 Å². The fourth-order valence-corrected chi connectivity index (χ4v) is 5.21. The number of amides is 1. The van der Waals surface area contributed by atoms with Gasteiger partial charge < -0.3 is 5.32 Å². The normalized spacial score (nSPS) is 18.3.